The minimum Gasteiger partial charge on any atom is -0.494 e. The zero-order valence-electron chi connectivity index (χ0n) is 15.6. The Morgan fingerprint density at radius 2 is 1.86 bits per heavy atom. The molecule has 142 valence electrons. The van der Waals surface area contributed by atoms with Gasteiger partial charge in [-0.1, -0.05) is 35.5 Å². The molecule has 1 N–H and O–H groups in total. The largest absolute Gasteiger partial charge is 0.494 e. The van der Waals surface area contributed by atoms with Crippen LogP contribution in [0.25, 0.3) is 11.5 Å². The van der Waals surface area contributed by atoms with Crippen LogP contribution in [0.5, 0.6) is 5.75 Å². The molecule has 28 heavy (non-hydrogen) atoms. The number of benzene rings is 2. The van der Waals surface area contributed by atoms with Gasteiger partial charge in [0.1, 0.15) is 11.5 Å². The second-order valence-electron chi connectivity index (χ2n) is 6.49. The quantitative estimate of drug-likeness (QED) is 0.472. The molecule has 2 aromatic heterocycles. The monoisotopic (exact) mass is 375 g/mol. The van der Waals surface area contributed by atoms with E-state index in [1.165, 1.54) is 0 Å². The minimum absolute atomic E-state index is 0.622. The van der Waals surface area contributed by atoms with Gasteiger partial charge in [0.05, 0.1) is 12.3 Å². The Morgan fingerprint density at radius 3 is 2.61 bits per heavy atom. The SMILES string of the molecule is Cc1oc(-c2ccccc2)nc1CCCOc1ccc(Cc2nn[nH]n2)cc1. The summed E-state index contributed by atoms with van der Waals surface area (Å²) in [6.07, 6.45) is 2.33. The van der Waals surface area contributed by atoms with Crippen LogP contribution in [0.4, 0.5) is 0 Å². The standard InChI is InChI=1S/C21H21N5O2/c1-15-19(22-21(28-15)17-6-3-2-4-7-17)8-5-13-27-18-11-9-16(10-12-18)14-20-23-25-26-24-20/h2-4,6-7,9-12H,5,8,13-14H2,1H3,(H,23,24,25,26). The van der Waals surface area contributed by atoms with Crippen molar-refractivity contribution in [3.63, 3.8) is 0 Å². The molecule has 4 rings (SSSR count). The van der Waals surface area contributed by atoms with Gasteiger partial charge >= 0.3 is 0 Å². The minimum atomic E-state index is 0.622. The van der Waals surface area contributed by atoms with Crippen LogP contribution >= 0.6 is 0 Å². The molecule has 0 saturated carbocycles. The first-order valence-corrected chi connectivity index (χ1v) is 9.24. The summed E-state index contributed by atoms with van der Waals surface area (Å²) < 4.78 is 11.6. The highest BCUT2D eigenvalue weighted by molar-refractivity contribution is 5.53. The summed E-state index contributed by atoms with van der Waals surface area (Å²) in [5.74, 6) is 3.06. The number of ether oxygens (including phenoxy) is 1. The van der Waals surface area contributed by atoms with E-state index < -0.39 is 0 Å². The topological polar surface area (TPSA) is 89.7 Å². The van der Waals surface area contributed by atoms with Gasteiger partial charge in [0, 0.05) is 12.0 Å². The summed E-state index contributed by atoms with van der Waals surface area (Å²) in [5, 5.41) is 13.9. The summed E-state index contributed by atoms with van der Waals surface area (Å²) >= 11 is 0. The molecule has 0 amide bonds. The van der Waals surface area contributed by atoms with Crippen molar-refractivity contribution in [2.75, 3.05) is 6.61 Å². The van der Waals surface area contributed by atoms with Crippen molar-refractivity contribution in [1.82, 2.24) is 25.6 Å². The number of H-pyrrole nitrogens is 1. The zero-order chi connectivity index (χ0) is 19.2. The maximum absolute atomic E-state index is 5.84. The third-order valence-corrected chi connectivity index (χ3v) is 4.41. The summed E-state index contributed by atoms with van der Waals surface area (Å²) in [5.41, 5.74) is 3.09. The van der Waals surface area contributed by atoms with E-state index in [1.54, 1.807) is 0 Å². The molecule has 0 saturated heterocycles. The Labute approximate surface area is 162 Å². The third kappa shape index (κ3) is 4.43. The van der Waals surface area contributed by atoms with Crippen LogP contribution in [-0.2, 0) is 12.8 Å². The number of aryl methyl sites for hydroxylation is 2. The number of tetrazole rings is 1. The highest BCUT2D eigenvalue weighted by Crippen LogP contribution is 2.22. The molecular weight excluding hydrogens is 354 g/mol. The maximum Gasteiger partial charge on any atom is 0.226 e. The lowest BCUT2D eigenvalue weighted by Crippen LogP contribution is -2.00. The van der Waals surface area contributed by atoms with E-state index in [2.05, 4.69) is 25.6 Å². The van der Waals surface area contributed by atoms with Crippen LogP contribution in [0.2, 0.25) is 0 Å². The van der Waals surface area contributed by atoms with Crippen LogP contribution < -0.4 is 4.74 Å². The smallest absolute Gasteiger partial charge is 0.226 e. The molecule has 0 atom stereocenters. The summed E-state index contributed by atoms with van der Waals surface area (Å²) in [6.45, 7) is 2.58. The van der Waals surface area contributed by atoms with Crippen molar-refractivity contribution in [1.29, 1.82) is 0 Å². The van der Waals surface area contributed by atoms with E-state index in [0.29, 0.717) is 24.7 Å². The Hall–Kier alpha value is -3.48. The molecule has 7 nitrogen and oxygen atoms in total. The Bertz CT molecular complexity index is 995. The molecule has 0 aliphatic carbocycles. The van der Waals surface area contributed by atoms with Crippen LogP contribution in [0.3, 0.4) is 0 Å². The van der Waals surface area contributed by atoms with E-state index in [9.17, 15) is 0 Å². The number of hydrogen-bond acceptors (Lipinski definition) is 6. The first kappa shape index (κ1) is 17.9. The molecule has 0 bridgehead atoms. The Balaban J connectivity index is 1.26. The van der Waals surface area contributed by atoms with Crippen molar-refractivity contribution in [2.45, 2.75) is 26.2 Å². The predicted octanol–water partition coefficient (Wildman–Crippen LogP) is 3.77. The van der Waals surface area contributed by atoms with Gasteiger partial charge in [-0.15, -0.1) is 10.2 Å². The normalized spacial score (nSPS) is 10.9. The van der Waals surface area contributed by atoms with E-state index in [1.807, 2.05) is 61.5 Å². The Morgan fingerprint density at radius 1 is 1.04 bits per heavy atom. The van der Waals surface area contributed by atoms with Crippen LogP contribution in [-0.4, -0.2) is 32.2 Å². The number of nitrogens with one attached hydrogen (secondary N) is 1. The molecule has 0 spiro atoms. The summed E-state index contributed by atoms with van der Waals surface area (Å²) in [6, 6.07) is 17.9. The second-order valence-corrected chi connectivity index (χ2v) is 6.49. The van der Waals surface area contributed by atoms with E-state index in [0.717, 1.165) is 41.2 Å². The third-order valence-electron chi connectivity index (χ3n) is 4.41. The van der Waals surface area contributed by atoms with Crippen molar-refractivity contribution in [2.24, 2.45) is 0 Å². The first-order chi connectivity index (χ1) is 13.8. The fraction of sp³-hybridized carbons (Fsp3) is 0.238. The van der Waals surface area contributed by atoms with E-state index >= 15 is 0 Å². The van der Waals surface area contributed by atoms with Gasteiger partial charge in [-0.05, 0) is 49.6 Å². The number of aromatic nitrogens is 5. The fourth-order valence-electron chi connectivity index (χ4n) is 2.94. The van der Waals surface area contributed by atoms with Gasteiger partial charge in [0.15, 0.2) is 5.82 Å². The van der Waals surface area contributed by atoms with Crippen molar-refractivity contribution < 1.29 is 9.15 Å². The molecule has 0 aliphatic heterocycles. The first-order valence-electron chi connectivity index (χ1n) is 9.24. The molecule has 0 radical (unpaired) electrons. The average molecular weight is 375 g/mol. The fourth-order valence-corrected chi connectivity index (χ4v) is 2.94. The molecule has 0 aliphatic rings. The molecular formula is C21H21N5O2. The maximum atomic E-state index is 5.84. The zero-order valence-corrected chi connectivity index (χ0v) is 15.6. The number of nitrogens with zero attached hydrogens (tertiary/aromatic N) is 4. The molecule has 0 unspecified atom stereocenters. The molecule has 0 fully saturated rings. The van der Waals surface area contributed by atoms with Gasteiger partial charge in [0.2, 0.25) is 5.89 Å². The lowest BCUT2D eigenvalue weighted by molar-refractivity contribution is 0.310. The summed E-state index contributed by atoms with van der Waals surface area (Å²) in [4.78, 5) is 4.63. The molecule has 4 aromatic rings. The van der Waals surface area contributed by atoms with Crippen molar-refractivity contribution in [3.05, 3.63) is 77.4 Å². The van der Waals surface area contributed by atoms with Gasteiger partial charge in [-0.2, -0.15) is 5.21 Å². The number of hydrogen-bond donors (Lipinski definition) is 1. The van der Waals surface area contributed by atoms with Gasteiger partial charge in [-0.25, -0.2) is 4.98 Å². The predicted molar refractivity (Wildman–Crippen MR) is 104 cm³/mol. The lowest BCUT2D eigenvalue weighted by atomic mass is 10.1. The highest BCUT2D eigenvalue weighted by atomic mass is 16.5. The number of rotatable bonds is 8. The summed E-state index contributed by atoms with van der Waals surface area (Å²) in [7, 11) is 0. The second kappa shape index (κ2) is 8.47. The van der Waals surface area contributed by atoms with E-state index in [-0.39, 0.29) is 0 Å². The van der Waals surface area contributed by atoms with Crippen LogP contribution in [0.1, 0.15) is 29.3 Å². The van der Waals surface area contributed by atoms with E-state index in [4.69, 9.17) is 9.15 Å². The van der Waals surface area contributed by atoms with Crippen LogP contribution in [0, 0.1) is 6.92 Å². The van der Waals surface area contributed by atoms with Crippen molar-refractivity contribution in [3.8, 4) is 17.2 Å². The van der Waals surface area contributed by atoms with Crippen LogP contribution in [0.15, 0.2) is 59.0 Å². The number of aromatic amines is 1. The Kier molecular flexibility index (Phi) is 5.42. The van der Waals surface area contributed by atoms with Crippen molar-refractivity contribution >= 4 is 0 Å². The molecule has 2 aromatic carbocycles. The van der Waals surface area contributed by atoms with Gasteiger partial charge in [0.25, 0.3) is 0 Å². The average Bonchev–Trinajstić information content (AvgIpc) is 3.37. The molecule has 7 heteroatoms. The molecule has 2 heterocycles. The van der Waals surface area contributed by atoms with Gasteiger partial charge < -0.3 is 9.15 Å². The lowest BCUT2D eigenvalue weighted by Gasteiger charge is -2.06. The number of oxazole rings is 1. The highest BCUT2D eigenvalue weighted by Gasteiger charge is 2.11. The van der Waals surface area contributed by atoms with Gasteiger partial charge in [-0.3, -0.25) is 0 Å².